The van der Waals surface area contributed by atoms with Crippen molar-refractivity contribution in [2.75, 3.05) is 42.3 Å². The molecule has 0 radical (unpaired) electrons. The van der Waals surface area contributed by atoms with Crippen molar-refractivity contribution in [2.45, 2.75) is 18.7 Å². The van der Waals surface area contributed by atoms with E-state index in [1.807, 2.05) is 73.1 Å². The number of morpholine rings is 1. The van der Waals surface area contributed by atoms with E-state index in [0.29, 0.717) is 19.0 Å². The third-order valence-electron chi connectivity index (χ3n) is 5.10. The molecule has 1 fully saturated rings. The van der Waals surface area contributed by atoms with Gasteiger partial charge in [-0.05, 0) is 38.1 Å². The number of ether oxygens (including phenoxy) is 1. The molecular weight excluding hydrogens is 396 g/mol. The monoisotopic (exact) mass is 422 g/mol. The van der Waals surface area contributed by atoms with Crippen LogP contribution in [0.2, 0.25) is 0 Å². The molecule has 1 aliphatic heterocycles. The van der Waals surface area contributed by atoms with Crippen molar-refractivity contribution in [1.29, 1.82) is 0 Å². The Morgan fingerprint density at radius 1 is 1.07 bits per heavy atom. The summed E-state index contributed by atoms with van der Waals surface area (Å²) in [5.41, 5.74) is 4.89. The molecular formula is C23H26N4O2S. The fraction of sp³-hybridized carbons (Fsp3) is 0.304. The average molecular weight is 423 g/mol. The van der Waals surface area contributed by atoms with Crippen LogP contribution in [0.4, 0.5) is 11.4 Å². The predicted octanol–water partition coefficient (Wildman–Crippen LogP) is 4.06. The first-order valence-electron chi connectivity index (χ1n) is 10.1. The van der Waals surface area contributed by atoms with Crippen LogP contribution >= 0.6 is 11.8 Å². The number of benzene rings is 2. The minimum Gasteiger partial charge on any atom is -0.378 e. The topological polar surface area (TPSA) is 59.4 Å². The number of para-hydroxylation sites is 3. The summed E-state index contributed by atoms with van der Waals surface area (Å²) in [5.74, 6) is 0.312. The molecule has 1 aliphatic rings. The maximum atomic E-state index is 12.7. The van der Waals surface area contributed by atoms with E-state index in [0.717, 1.165) is 46.4 Å². The van der Waals surface area contributed by atoms with Gasteiger partial charge in [-0.2, -0.15) is 5.10 Å². The zero-order valence-electron chi connectivity index (χ0n) is 17.3. The van der Waals surface area contributed by atoms with Crippen LogP contribution in [0.15, 0.2) is 59.5 Å². The maximum absolute atomic E-state index is 12.7. The highest BCUT2D eigenvalue weighted by Crippen LogP contribution is 2.29. The Kier molecular flexibility index (Phi) is 6.40. The summed E-state index contributed by atoms with van der Waals surface area (Å²) in [7, 11) is 0. The van der Waals surface area contributed by atoms with Crippen molar-refractivity contribution in [3.8, 4) is 5.69 Å². The number of hydrogen-bond donors (Lipinski definition) is 1. The molecule has 0 spiro atoms. The molecule has 3 aromatic rings. The van der Waals surface area contributed by atoms with Crippen LogP contribution in [-0.2, 0) is 9.53 Å². The molecule has 2 heterocycles. The lowest BCUT2D eigenvalue weighted by molar-refractivity contribution is -0.113. The lowest BCUT2D eigenvalue weighted by Crippen LogP contribution is -2.36. The summed E-state index contributed by atoms with van der Waals surface area (Å²) >= 11 is 1.53. The average Bonchev–Trinajstić information content (AvgIpc) is 3.07. The number of amides is 1. The van der Waals surface area contributed by atoms with E-state index < -0.39 is 0 Å². The zero-order chi connectivity index (χ0) is 20.9. The summed E-state index contributed by atoms with van der Waals surface area (Å²) in [6.07, 6.45) is 0. The van der Waals surface area contributed by atoms with Gasteiger partial charge in [0.05, 0.1) is 52.3 Å². The van der Waals surface area contributed by atoms with Gasteiger partial charge in [0.2, 0.25) is 5.91 Å². The second kappa shape index (κ2) is 9.36. The highest BCUT2D eigenvalue weighted by molar-refractivity contribution is 8.00. The molecule has 1 N–H and O–H groups in total. The summed E-state index contributed by atoms with van der Waals surface area (Å²) in [4.78, 5) is 16.0. The number of aryl methyl sites for hydroxylation is 1. The Hall–Kier alpha value is -2.77. The lowest BCUT2D eigenvalue weighted by Gasteiger charge is -2.30. The Morgan fingerprint density at radius 2 is 1.77 bits per heavy atom. The summed E-state index contributed by atoms with van der Waals surface area (Å²) < 4.78 is 7.38. The summed E-state index contributed by atoms with van der Waals surface area (Å²) in [5, 5.41) is 7.75. The molecule has 156 valence electrons. The SMILES string of the molecule is Cc1nn(-c2ccccc2)c(C)c1SCC(=O)Nc1ccccc1N1CCOCC1. The van der Waals surface area contributed by atoms with Crippen LogP contribution in [0.5, 0.6) is 0 Å². The van der Waals surface area contributed by atoms with Crippen molar-refractivity contribution in [1.82, 2.24) is 9.78 Å². The van der Waals surface area contributed by atoms with E-state index in [1.165, 1.54) is 11.8 Å². The normalized spacial score (nSPS) is 14.0. The molecule has 0 unspecified atom stereocenters. The smallest absolute Gasteiger partial charge is 0.234 e. The van der Waals surface area contributed by atoms with Crippen molar-refractivity contribution < 1.29 is 9.53 Å². The first-order chi connectivity index (χ1) is 14.6. The van der Waals surface area contributed by atoms with E-state index in [1.54, 1.807) is 0 Å². The van der Waals surface area contributed by atoms with Crippen LogP contribution in [0.25, 0.3) is 5.69 Å². The Balaban J connectivity index is 1.43. The number of nitrogens with one attached hydrogen (secondary N) is 1. The van der Waals surface area contributed by atoms with Crippen molar-refractivity contribution in [3.63, 3.8) is 0 Å². The lowest BCUT2D eigenvalue weighted by atomic mass is 10.2. The largest absolute Gasteiger partial charge is 0.378 e. The fourth-order valence-electron chi connectivity index (χ4n) is 3.64. The van der Waals surface area contributed by atoms with Crippen LogP contribution in [0, 0.1) is 13.8 Å². The highest BCUT2D eigenvalue weighted by Gasteiger charge is 2.18. The number of anilines is 2. The van der Waals surface area contributed by atoms with Gasteiger partial charge < -0.3 is 15.0 Å². The van der Waals surface area contributed by atoms with Crippen LogP contribution in [0.1, 0.15) is 11.4 Å². The summed E-state index contributed by atoms with van der Waals surface area (Å²) in [6, 6.07) is 18.0. The molecule has 30 heavy (non-hydrogen) atoms. The molecule has 1 amide bonds. The highest BCUT2D eigenvalue weighted by atomic mass is 32.2. The zero-order valence-corrected chi connectivity index (χ0v) is 18.1. The van der Waals surface area contributed by atoms with E-state index in [-0.39, 0.29) is 5.91 Å². The maximum Gasteiger partial charge on any atom is 0.234 e. The van der Waals surface area contributed by atoms with E-state index >= 15 is 0 Å². The van der Waals surface area contributed by atoms with Gasteiger partial charge in [-0.25, -0.2) is 4.68 Å². The van der Waals surface area contributed by atoms with Crippen molar-refractivity contribution >= 4 is 29.0 Å². The molecule has 0 atom stereocenters. The summed E-state index contributed by atoms with van der Waals surface area (Å²) in [6.45, 7) is 7.11. The first kappa shape index (κ1) is 20.5. The van der Waals surface area contributed by atoms with Crippen molar-refractivity contribution in [3.05, 3.63) is 66.0 Å². The number of carbonyl (C=O) groups excluding carboxylic acids is 1. The molecule has 0 aliphatic carbocycles. The quantitative estimate of drug-likeness (QED) is 0.607. The molecule has 4 rings (SSSR count). The van der Waals surface area contributed by atoms with Gasteiger partial charge >= 0.3 is 0 Å². The van der Waals surface area contributed by atoms with Gasteiger partial charge in [0.15, 0.2) is 0 Å². The molecule has 0 saturated carbocycles. The molecule has 1 aromatic heterocycles. The number of aromatic nitrogens is 2. The molecule has 2 aromatic carbocycles. The number of thioether (sulfide) groups is 1. The van der Waals surface area contributed by atoms with Gasteiger partial charge in [0, 0.05) is 13.1 Å². The fourth-order valence-corrected chi connectivity index (χ4v) is 4.53. The van der Waals surface area contributed by atoms with Crippen LogP contribution in [0.3, 0.4) is 0 Å². The standard InChI is InChI=1S/C23H26N4O2S/c1-17-23(18(2)27(25-17)19-8-4-3-5-9-19)30-16-22(28)24-20-10-6-7-11-21(20)26-12-14-29-15-13-26/h3-11H,12-16H2,1-2H3,(H,24,28). The third kappa shape index (κ3) is 4.52. The Labute approximate surface area is 181 Å². The van der Waals surface area contributed by atoms with E-state index in [9.17, 15) is 4.79 Å². The van der Waals surface area contributed by atoms with Gasteiger partial charge in [-0.1, -0.05) is 30.3 Å². The number of carbonyl (C=O) groups is 1. The number of nitrogens with zero attached hydrogens (tertiary/aromatic N) is 3. The molecule has 0 bridgehead atoms. The van der Waals surface area contributed by atoms with Gasteiger partial charge in [-0.15, -0.1) is 11.8 Å². The van der Waals surface area contributed by atoms with Crippen molar-refractivity contribution in [2.24, 2.45) is 0 Å². The first-order valence-corrected chi connectivity index (χ1v) is 11.1. The van der Waals surface area contributed by atoms with E-state index in [2.05, 4.69) is 15.3 Å². The number of hydrogen-bond acceptors (Lipinski definition) is 5. The minimum absolute atomic E-state index is 0.0213. The van der Waals surface area contributed by atoms with Gasteiger partial charge in [0.25, 0.3) is 0 Å². The minimum atomic E-state index is -0.0213. The van der Waals surface area contributed by atoms with Gasteiger partial charge in [-0.3, -0.25) is 4.79 Å². The molecule has 7 heteroatoms. The molecule has 1 saturated heterocycles. The second-order valence-corrected chi connectivity index (χ2v) is 8.19. The van der Waals surface area contributed by atoms with E-state index in [4.69, 9.17) is 4.74 Å². The van der Waals surface area contributed by atoms with Crippen LogP contribution < -0.4 is 10.2 Å². The van der Waals surface area contributed by atoms with Gasteiger partial charge in [0.1, 0.15) is 0 Å². The third-order valence-corrected chi connectivity index (χ3v) is 6.39. The number of rotatable bonds is 6. The Bertz CT molecular complexity index is 1010. The van der Waals surface area contributed by atoms with Crippen LogP contribution in [-0.4, -0.2) is 47.7 Å². The second-order valence-electron chi connectivity index (χ2n) is 7.20. The predicted molar refractivity (Wildman–Crippen MR) is 122 cm³/mol. The Morgan fingerprint density at radius 3 is 2.53 bits per heavy atom. The molecule has 6 nitrogen and oxygen atoms in total.